The number of rotatable bonds is 5. The molecule has 1 rings (SSSR count). The van der Waals surface area contributed by atoms with Crippen molar-refractivity contribution in [3.63, 3.8) is 0 Å². The van der Waals surface area contributed by atoms with Gasteiger partial charge in [-0.2, -0.15) is 11.8 Å². The van der Waals surface area contributed by atoms with Gasteiger partial charge in [-0.15, -0.1) is 0 Å². The van der Waals surface area contributed by atoms with Crippen LogP contribution in [0.15, 0.2) is 24.3 Å². The van der Waals surface area contributed by atoms with E-state index in [1.807, 2.05) is 37.6 Å². The summed E-state index contributed by atoms with van der Waals surface area (Å²) in [6.07, 6.45) is 2.42. The van der Waals surface area contributed by atoms with Gasteiger partial charge in [0.25, 0.3) is 0 Å². The van der Waals surface area contributed by atoms with E-state index in [2.05, 4.69) is 0 Å². The smallest absolute Gasteiger partial charge is 0.226 e. The van der Waals surface area contributed by atoms with Gasteiger partial charge in [-0.25, -0.2) is 0 Å². The van der Waals surface area contributed by atoms with Crippen molar-refractivity contribution in [2.75, 3.05) is 31.3 Å². The van der Waals surface area contributed by atoms with Crippen molar-refractivity contribution in [2.24, 2.45) is 0 Å². The molecule has 1 aromatic rings. The Bertz CT molecular complexity index is 355. The van der Waals surface area contributed by atoms with Gasteiger partial charge in [0.05, 0.1) is 6.42 Å². The zero-order chi connectivity index (χ0) is 12.0. The normalized spacial score (nSPS) is 10.1. The standard InChI is InChI=1S/C12H18N2OS/c1-14(7-8-16-2)12(15)9-10-5-3-4-6-11(10)13/h3-6H,7-9,13H2,1-2H3. The van der Waals surface area contributed by atoms with Crippen LogP contribution >= 0.6 is 11.8 Å². The van der Waals surface area contributed by atoms with E-state index in [4.69, 9.17) is 5.73 Å². The van der Waals surface area contributed by atoms with Gasteiger partial charge in [-0.05, 0) is 17.9 Å². The van der Waals surface area contributed by atoms with Crippen molar-refractivity contribution in [1.29, 1.82) is 0 Å². The number of hydrogen-bond donors (Lipinski definition) is 1. The summed E-state index contributed by atoms with van der Waals surface area (Å²) < 4.78 is 0. The Labute approximate surface area is 101 Å². The van der Waals surface area contributed by atoms with Gasteiger partial charge in [0.1, 0.15) is 0 Å². The molecule has 0 bridgehead atoms. The van der Waals surface area contributed by atoms with Crippen molar-refractivity contribution >= 4 is 23.4 Å². The molecule has 0 saturated carbocycles. The molecule has 1 amide bonds. The van der Waals surface area contributed by atoms with Crippen LogP contribution in [0.5, 0.6) is 0 Å². The highest BCUT2D eigenvalue weighted by Crippen LogP contribution is 2.12. The monoisotopic (exact) mass is 238 g/mol. The van der Waals surface area contributed by atoms with Gasteiger partial charge < -0.3 is 10.6 Å². The molecule has 0 aliphatic rings. The first kappa shape index (κ1) is 12.9. The number of likely N-dealkylation sites (N-methyl/N-ethyl adjacent to an activating group) is 1. The number of para-hydroxylation sites is 1. The lowest BCUT2D eigenvalue weighted by Crippen LogP contribution is -2.30. The molecular weight excluding hydrogens is 220 g/mol. The lowest BCUT2D eigenvalue weighted by molar-refractivity contribution is -0.128. The van der Waals surface area contributed by atoms with E-state index in [1.165, 1.54) is 0 Å². The highest BCUT2D eigenvalue weighted by atomic mass is 32.2. The van der Waals surface area contributed by atoms with E-state index in [0.717, 1.165) is 17.9 Å². The fourth-order valence-electron chi connectivity index (χ4n) is 1.35. The Balaban J connectivity index is 2.54. The summed E-state index contributed by atoms with van der Waals surface area (Å²) in [6, 6.07) is 7.50. The summed E-state index contributed by atoms with van der Waals surface area (Å²) >= 11 is 1.74. The second-order valence-corrected chi connectivity index (χ2v) is 4.67. The van der Waals surface area contributed by atoms with Gasteiger partial charge in [0.15, 0.2) is 0 Å². The topological polar surface area (TPSA) is 46.3 Å². The fraction of sp³-hybridized carbons (Fsp3) is 0.417. The molecule has 0 radical (unpaired) electrons. The van der Waals surface area contributed by atoms with E-state index < -0.39 is 0 Å². The Morgan fingerprint density at radius 1 is 1.44 bits per heavy atom. The first-order valence-corrected chi connectivity index (χ1v) is 6.61. The van der Waals surface area contributed by atoms with Gasteiger partial charge in [-0.3, -0.25) is 4.79 Å². The maximum absolute atomic E-state index is 11.8. The van der Waals surface area contributed by atoms with Crippen LogP contribution in [0, 0.1) is 0 Å². The number of carbonyl (C=O) groups excluding carboxylic acids is 1. The van der Waals surface area contributed by atoms with Crippen LogP contribution in [-0.2, 0) is 11.2 Å². The largest absolute Gasteiger partial charge is 0.398 e. The Morgan fingerprint density at radius 2 is 2.12 bits per heavy atom. The number of benzene rings is 1. The number of carbonyl (C=O) groups is 1. The second kappa shape index (κ2) is 6.43. The molecule has 0 spiro atoms. The van der Waals surface area contributed by atoms with Crippen molar-refractivity contribution in [3.05, 3.63) is 29.8 Å². The summed E-state index contributed by atoms with van der Waals surface area (Å²) in [7, 11) is 1.83. The summed E-state index contributed by atoms with van der Waals surface area (Å²) in [4.78, 5) is 13.6. The van der Waals surface area contributed by atoms with Gasteiger partial charge in [0.2, 0.25) is 5.91 Å². The summed E-state index contributed by atoms with van der Waals surface area (Å²) in [5.74, 6) is 1.08. The predicted molar refractivity (Wildman–Crippen MR) is 70.6 cm³/mol. The van der Waals surface area contributed by atoms with E-state index in [9.17, 15) is 4.79 Å². The fourth-order valence-corrected chi connectivity index (χ4v) is 1.80. The summed E-state index contributed by atoms with van der Waals surface area (Å²) in [6.45, 7) is 0.784. The minimum absolute atomic E-state index is 0.118. The van der Waals surface area contributed by atoms with Crippen molar-refractivity contribution in [3.8, 4) is 0 Å². The van der Waals surface area contributed by atoms with E-state index in [0.29, 0.717) is 12.1 Å². The van der Waals surface area contributed by atoms with Gasteiger partial charge >= 0.3 is 0 Å². The third kappa shape index (κ3) is 3.77. The van der Waals surface area contributed by atoms with Crippen molar-refractivity contribution < 1.29 is 4.79 Å². The molecule has 0 unspecified atom stereocenters. The number of nitrogen functional groups attached to an aromatic ring is 1. The Morgan fingerprint density at radius 3 is 2.75 bits per heavy atom. The lowest BCUT2D eigenvalue weighted by atomic mass is 10.1. The van der Waals surface area contributed by atoms with E-state index >= 15 is 0 Å². The molecule has 3 nitrogen and oxygen atoms in total. The number of thioether (sulfide) groups is 1. The lowest BCUT2D eigenvalue weighted by Gasteiger charge is -2.17. The van der Waals surface area contributed by atoms with Crippen LogP contribution in [0.3, 0.4) is 0 Å². The van der Waals surface area contributed by atoms with Crippen molar-refractivity contribution in [2.45, 2.75) is 6.42 Å². The zero-order valence-electron chi connectivity index (χ0n) is 9.77. The predicted octanol–water partition coefficient (Wildman–Crippen LogP) is 1.63. The zero-order valence-corrected chi connectivity index (χ0v) is 10.6. The van der Waals surface area contributed by atoms with Crippen LogP contribution in [0.25, 0.3) is 0 Å². The molecule has 2 N–H and O–H groups in total. The third-order valence-electron chi connectivity index (χ3n) is 2.45. The number of anilines is 1. The highest BCUT2D eigenvalue weighted by Gasteiger charge is 2.10. The number of nitrogens with two attached hydrogens (primary N) is 1. The van der Waals surface area contributed by atoms with E-state index in [1.54, 1.807) is 16.7 Å². The van der Waals surface area contributed by atoms with Gasteiger partial charge in [-0.1, -0.05) is 18.2 Å². The third-order valence-corrected chi connectivity index (χ3v) is 3.04. The maximum atomic E-state index is 11.8. The molecule has 0 fully saturated rings. The number of amides is 1. The first-order chi connectivity index (χ1) is 7.65. The molecule has 0 aliphatic carbocycles. The van der Waals surface area contributed by atoms with Crippen LogP contribution in [0.4, 0.5) is 5.69 Å². The molecule has 1 aromatic carbocycles. The maximum Gasteiger partial charge on any atom is 0.226 e. The molecule has 0 saturated heterocycles. The minimum atomic E-state index is 0.118. The molecule has 4 heteroatoms. The number of nitrogens with zero attached hydrogens (tertiary/aromatic N) is 1. The average molecular weight is 238 g/mol. The first-order valence-electron chi connectivity index (χ1n) is 5.21. The molecule has 88 valence electrons. The molecule has 0 atom stereocenters. The average Bonchev–Trinajstić information content (AvgIpc) is 2.28. The van der Waals surface area contributed by atoms with Crippen LogP contribution in [0.1, 0.15) is 5.56 Å². The number of hydrogen-bond acceptors (Lipinski definition) is 3. The molecular formula is C12H18N2OS. The molecule has 16 heavy (non-hydrogen) atoms. The molecule has 0 aromatic heterocycles. The van der Waals surface area contributed by atoms with E-state index in [-0.39, 0.29) is 5.91 Å². The quantitative estimate of drug-likeness (QED) is 0.793. The molecule has 0 heterocycles. The molecule has 0 aliphatic heterocycles. The SMILES string of the molecule is CSCCN(C)C(=O)Cc1ccccc1N. The van der Waals surface area contributed by atoms with Crippen LogP contribution in [-0.4, -0.2) is 36.4 Å². The summed E-state index contributed by atoms with van der Waals surface area (Å²) in [5, 5.41) is 0. The highest BCUT2D eigenvalue weighted by molar-refractivity contribution is 7.98. The van der Waals surface area contributed by atoms with Crippen molar-refractivity contribution in [1.82, 2.24) is 4.90 Å². The van der Waals surface area contributed by atoms with Crippen LogP contribution in [0.2, 0.25) is 0 Å². The Hall–Kier alpha value is -1.16. The minimum Gasteiger partial charge on any atom is -0.398 e. The summed E-state index contributed by atoms with van der Waals surface area (Å²) in [5.41, 5.74) is 7.39. The van der Waals surface area contributed by atoms with Crippen LogP contribution < -0.4 is 5.73 Å². The van der Waals surface area contributed by atoms with Gasteiger partial charge in [0, 0.05) is 25.0 Å². The Kier molecular flexibility index (Phi) is 5.19. The second-order valence-electron chi connectivity index (χ2n) is 3.68.